The molecule has 1 fully saturated rings. The zero-order valence-corrected chi connectivity index (χ0v) is 19.8. The van der Waals surface area contributed by atoms with Gasteiger partial charge >= 0.3 is 5.97 Å². The molecule has 3 heterocycles. The van der Waals surface area contributed by atoms with Crippen LogP contribution in [0.1, 0.15) is 27.8 Å². The van der Waals surface area contributed by atoms with Gasteiger partial charge in [0, 0.05) is 44.7 Å². The van der Waals surface area contributed by atoms with Crippen molar-refractivity contribution in [3.8, 4) is 0 Å². The maximum atomic E-state index is 13.6. The number of likely N-dealkylation sites (N-methyl/N-ethyl adjacent to an activating group) is 1. The summed E-state index contributed by atoms with van der Waals surface area (Å²) >= 11 is 0. The van der Waals surface area contributed by atoms with Crippen LogP contribution < -0.4 is 10.5 Å². The van der Waals surface area contributed by atoms with E-state index < -0.39 is 5.97 Å². The van der Waals surface area contributed by atoms with Crippen LogP contribution in [-0.2, 0) is 11.3 Å². The molecule has 1 aliphatic heterocycles. The number of fused-ring (bicyclic) bond motifs is 1. The third kappa shape index (κ3) is 4.56. The van der Waals surface area contributed by atoms with E-state index in [9.17, 15) is 14.4 Å². The van der Waals surface area contributed by atoms with Gasteiger partial charge in [0.2, 0.25) is 0 Å². The number of piperazine rings is 1. The number of furan rings is 1. The molecule has 9 nitrogen and oxygen atoms in total. The van der Waals surface area contributed by atoms with Crippen molar-refractivity contribution in [2.45, 2.75) is 13.5 Å². The summed E-state index contributed by atoms with van der Waals surface area (Å²) in [6.07, 6.45) is 1.48. The van der Waals surface area contributed by atoms with E-state index in [1.54, 1.807) is 28.5 Å². The third-order valence-electron chi connectivity index (χ3n) is 6.01. The van der Waals surface area contributed by atoms with Gasteiger partial charge in [-0.1, -0.05) is 18.2 Å². The Morgan fingerprint density at radius 3 is 2.44 bits per heavy atom. The molecule has 0 bridgehead atoms. The van der Waals surface area contributed by atoms with E-state index in [0.717, 1.165) is 10.9 Å². The first-order valence-corrected chi connectivity index (χ1v) is 11.5. The average Bonchev–Trinajstić information content (AvgIpc) is 3.37. The molecular weight excluding hydrogens is 436 g/mol. The van der Waals surface area contributed by atoms with Gasteiger partial charge in [0.15, 0.2) is 5.76 Å². The zero-order valence-electron chi connectivity index (χ0n) is 19.8. The minimum Gasteiger partial charge on any atom is -0.462 e. The summed E-state index contributed by atoms with van der Waals surface area (Å²) in [5, 5.41) is 0.815. The second-order valence-electron chi connectivity index (χ2n) is 8.48. The van der Waals surface area contributed by atoms with Crippen molar-refractivity contribution in [2.75, 3.05) is 58.3 Å². The van der Waals surface area contributed by atoms with E-state index in [2.05, 4.69) is 0 Å². The molecule has 3 aromatic rings. The van der Waals surface area contributed by atoms with Gasteiger partial charge in [-0.2, -0.15) is 0 Å². The summed E-state index contributed by atoms with van der Waals surface area (Å²) in [5.74, 6) is -0.491. The van der Waals surface area contributed by atoms with Gasteiger partial charge in [-0.05, 0) is 39.2 Å². The number of ether oxygens (including phenoxy) is 1. The number of amides is 1. The highest BCUT2D eigenvalue weighted by Gasteiger charge is 2.30. The third-order valence-corrected chi connectivity index (χ3v) is 6.01. The number of hydrogen-bond acceptors (Lipinski definition) is 7. The number of hydrogen-bond donors (Lipinski definition) is 0. The monoisotopic (exact) mass is 466 g/mol. The Balaban J connectivity index is 1.75. The first-order valence-electron chi connectivity index (χ1n) is 11.5. The van der Waals surface area contributed by atoms with Crippen molar-refractivity contribution in [3.63, 3.8) is 0 Å². The van der Waals surface area contributed by atoms with Crippen molar-refractivity contribution in [1.82, 2.24) is 14.4 Å². The first kappa shape index (κ1) is 23.6. The van der Waals surface area contributed by atoms with Gasteiger partial charge in [0.1, 0.15) is 5.56 Å². The lowest BCUT2D eigenvalue weighted by Gasteiger charge is -2.37. The van der Waals surface area contributed by atoms with Crippen molar-refractivity contribution in [1.29, 1.82) is 0 Å². The van der Waals surface area contributed by atoms with Crippen LogP contribution >= 0.6 is 0 Å². The largest absolute Gasteiger partial charge is 0.462 e. The molecule has 2 aromatic heterocycles. The highest BCUT2D eigenvalue weighted by atomic mass is 16.5. The number of benzene rings is 1. The smallest absolute Gasteiger partial charge is 0.345 e. The van der Waals surface area contributed by atoms with E-state index in [0.29, 0.717) is 50.7 Å². The van der Waals surface area contributed by atoms with Crippen LogP contribution in [0.3, 0.4) is 0 Å². The lowest BCUT2D eigenvalue weighted by molar-refractivity contribution is 0.0523. The molecule has 9 heteroatoms. The number of carbonyl (C=O) groups excluding carboxylic acids is 2. The number of anilines is 1. The van der Waals surface area contributed by atoms with E-state index in [-0.39, 0.29) is 23.6 Å². The molecule has 1 aliphatic rings. The van der Waals surface area contributed by atoms with Gasteiger partial charge < -0.3 is 28.4 Å². The molecule has 0 spiro atoms. The Morgan fingerprint density at radius 1 is 1.06 bits per heavy atom. The Kier molecular flexibility index (Phi) is 7.02. The Labute approximate surface area is 198 Å². The minimum atomic E-state index is -0.624. The lowest BCUT2D eigenvalue weighted by atomic mass is 10.1. The number of rotatable bonds is 7. The molecule has 0 radical (unpaired) electrons. The number of pyridine rings is 1. The van der Waals surface area contributed by atoms with Gasteiger partial charge in [-0.3, -0.25) is 9.59 Å². The molecule has 180 valence electrons. The quantitative estimate of drug-likeness (QED) is 0.494. The minimum absolute atomic E-state index is 0.0464. The van der Waals surface area contributed by atoms with Gasteiger partial charge in [-0.15, -0.1) is 0 Å². The van der Waals surface area contributed by atoms with E-state index in [1.807, 2.05) is 48.2 Å². The second kappa shape index (κ2) is 10.1. The van der Waals surface area contributed by atoms with E-state index >= 15 is 0 Å². The fourth-order valence-corrected chi connectivity index (χ4v) is 4.32. The van der Waals surface area contributed by atoms with Crippen LogP contribution in [0.5, 0.6) is 0 Å². The molecular formula is C25H30N4O5. The van der Waals surface area contributed by atoms with Gasteiger partial charge in [0.05, 0.1) is 24.1 Å². The number of carbonyl (C=O) groups is 2. The maximum Gasteiger partial charge on any atom is 0.345 e. The molecule has 0 saturated carbocycles. The Bertz CT molecular complexity index is 1220. The highest BCUT2D eigenvalue weighted by Crippen LogP contribution is 2.30. The standard InChI is InChI=1S/C25H30N4O5/c1-4-33-25(32)21-22(27-12-14-28(15-13-27)23(30)20-10-7-17-34-20)18-8-5-6-9-19(18)29(24(21)31)16-11-26(2)3/h5-10,17H,4,11-16H2,1-3H3. The number of esters is 1. The van der Waals surface area contributed by atoms with E-state index in [1.165, 1.54) is 6.26 Å². The van der Waals surface area contributed by atoms with Crippen LogP contribution in [0.4, 0.5) is 5.69 Å². The molecule has 1 aromatic carbocycles. The van der Waals surface area contributed by atoms with Crippen LogP contribution in [-0.4, -0.2) is 79.7 Å². The molecule has 0 unspecified atom stereocenters. The number of nitrogens with zero attached hydrogens (tertiary/aromatic N) is 4. The maximum absolute atomic E-state index is 13.6. The van der Waals surface area contributed by atoms with Crippen LogP contribution in [0, 0.1) is 0 Å². The van der Waals surface area contributed by atoms with Crippen LogP contribution in [0.2, 0.25) is 0 Å². The molecule has 1 saturated heterocycles. The van der Waals surface area contributed by atoms with Crippen molar-refractivity contribution >= 4 is 28.5 Å². The Hall–Kier alpha value is -3.59. The summed E-state index contributed by atoms with van der Waals surface area (Å²) in [6, 6.07) is 11.0. The fraction of sp³-hybridized carbons (Fsp3) is 0.400. The highest BCUT2D eigenvalue weighted by molar-refractivity contribution is 6.05. The normalized spacial score (nSPS) is 14.1. The number of para-hydroxylation sites is 1. The second-order valence-corrected chi connectivity index (χ2v) is 8.48. The zero-order chi connectivity index (χ0) is 24.2. The number of aromatic nitrogens is 1. The molecule has 1 amide bonds. The van der Waals surface area contributed by atoms with Gasteiger partial charge in [-0.25, -0.2) is 4.79 Å². The SMILES string of the molecule is CCOC(=O)c1c(N2CCN(C(=O)c3ccco3)CC2)c2ccccc2n(CCN(C)C)c1=O. The summed E-state index contributed by atoms with van der Waals surface area (Å²) in [6.45, 7) is 4.84. The fourth-order valence-electron chi connectivity index (χ4n) is 4.32. The topological polar surface area (TPSA) is 88.2 Å². The molecule has 34 heavy (non-hydrogen) atoms. The van der Waals surface area contributed by atoms with Crippen LogP contribution in [0.15, 0.2) is 51.9 Å². The summed E-state index contributed by atoms with van der Waals surface area (Å²) in [4.78, 5) is 45.1. The van der Waals surface area contributed by atoms with Crippen LogP contribution in [0.25, 0.3) is 10.9 Å². The Morgan fingerprint density at radius 2 is 1.79 bits per heavy atom. The molecule has 4 rings (SSSR count). The van der Waals surface area contributed by atoms with Crippen molar-refractivity contribution < 1.29 is 18.7 Å². The average molecular weight is 467 g/mol. The molecule has 0 atom stereocenters. The lowest BCUT2D eigenvalue weighted by Crippen LogP contribution is -2.49. The predicted molar refractivity (Wildman–Crippen MR) is 130 cm³/mol. The van der Waals surface area contributed by atoms with Crippen molar-refractivity contribution in [3.05, 3.63) is 64.3 Å². The van der Waals surface area contributed by atoms with Crippen molar-refractivity contribution in [2.24, 2.45) is 0 Å². The molecule has 0 aliphatic carbocycles. The predicted octanol–water partition coefficient (Wildman–Crippen LogP) is 2.30. The summed E-state index contributed by atoms with van der Waals surface area (Å²) in [7, 11) is 3.88. The summed E-state index contributed by atoms with van der Waals surface area (Å²) in [5.41, 5.74) is 1.03. The van der Waals surface area contributed by atoms with E-state index in [4.69, 9.17) is 9.15 Å². The summed E-state index contributed by atoms with van der Waals surface area (Å²) < 4.78 is 12.2. The molecule has 0 N–H and O–H groups in total. The van der Waals surface area contributed by atoms with Gasteiger partial charge in [0.25, 0.3) is 11.5 Å². The first-order chi connectivity index (χ1) is 16.4.